The minimum Gasteiger partial charge on any atom is -0.315 e. The first-order valence-electron chi connectivity index (χ1n) is 12.9. The fourth-order valence-corrected chi connectivity index (χ4v) is 7.15. The van der Waals surface area contributed by atoms with Crippen LogP contribution in [0.5, 0.6) is 0 Å². The van der Waals surface area contributed by atoms with Crippen LogP contribution in [0.4, 0.5) is 5.69 Å². The Kier molecular flexibility index (Phi) is 5.39. The highest BCUT2D eigenvalue weighted by molar-refractivity contribution is 7.90. The highest BCUT2D eigenvalue weighted by atomic mass is 35.5. The Morgan fingerprint density at radius 1 is 0.975 bits per heavy atom. The van der Waals surface area contributed by atoms with Crippen molar-refractivity contribution < 1.29 is 13.2 Å². The highest BCUT2D eigenvalue weighted by Crippen LogP contribution is 2.48. The molecule has 202 valence electrons. The van der Waals surface area contributed by atoms with Crippen molar-refractivity contribution in [3.63, 3.8) is 0 Å². The van der Waals surface area contributed by atoms with Gasteiger partial charge in [0.05, 0.1) is 28.4 Å². The number of hydrogen-bond donors (Lipinski definition) is 0. The molecule has 1 amide bonds. The van der Waals surface area contributed by atoms with Gasteiger partial charge in [0.2, 0.25) is 0 Å². The van der Waals surface area contributed by atoms with Gasteiger partial charge in [0.1, 0.15) is 11.2 Å². The lowest BCUT2D eigenvalue weighted by Crippen LogP contribution is -2.32. The lowest BCUT2D eigenvalue weighted by atomic mass is 9.99. The average molecular weight is 574 g/mol. The minimum atomic E-state index is -4.07. The zero-order valence-electron chi connectivity index (χ0n) is 21.7. The van der Waals surface area contributed by atoms with E-state index in [4.69, 9.17) is 16.7 Å². The third kappa shape index (κ3) is 3.52. The summed E-state index contributed by atoms with van der Waals surface area (Å²) < 4.78 is 31.4. The van der Waals surface area contributed by atoms with Crippen LogP contribution in [-0.4, -0.2) is 32.6 Å². The second kappa shape index (κ2) is 8.67. The second-order valence-corrected chi connectivity index (χ2v) is 12.5. The summed E-state index contributed by atoms with van der Waals surface area (Å²) >= 11 is 6.20. The van der Waals surface area contributed by atoms with Crippen molar-refractivity contribution >= 4 is 44.1 Å². The van der Waals surface area contributed by atoms with Gasteiger partial charge in [0.15, 0.2) is 0 Å². The Morgan fingerprint density at radius 3 is 2.35 bits per heavy atom. The van der Waals surface area contributed by atoms with Gasteiger partial charge in [-0.05, 0) is 55.7 Å². The van der Waals surface area contributed by atoms with Gasteiger partial charge >= 0.3 is 0 Å². The summed E-state index contributed by atoms with van der Waals surface area (Å²) in [6.45, 7) is 1.90. The largest absolute Gasteiger partial charge is 0.315 e. The summed E-state index contributed by atoms with van der Waals surface area (Å²) in [5, 5.41) is 5.67. The molecule has 7 rings (SSSR count). The van der Waals surface area contributed by atoms with Crippen LogP contribution in [-0.2, 0) is 17.1 Å². The molecule has 11 heteroatoms. The number of aromatic nitrogens is 4. The molecule has 1 fully saturated rings. The molecule has 0 spiro atoms. The van der Waals surface area contributed by atoms with Crippen molar-refractivity contribution in [3.05, 3.63) is 111 Å². The molecule has 4 heterocycles. The Labute approximate surface area is 234 Å². The van der Waals surface area contributed by atoms with Gasteiger partial charge in [0, 0.05) is 35.4 Å². The maximum atomic E-state index is 14.3. The summed E-state index contributed by atoms with van der Waals surface area (Å²) in [5.74, 6) is -0.249. The quantitative estimate of drug-likeness (QED) is 0.300. The molecule has 1 aliphatic carbocycles. The van der Waals surface area contributed by atoms with Gasteiger partial charge < -0.3 is 4.57 Å². The van der Waals surface area contributed by atoms with E-state index >= 15 is 0 Å². The molecule has 2 aromatic carbocycles. The first-order valence-corrected chi connectivity index (χ1v) is 14.7. The van der Waals surface area contributed by atoms with E-state index in [1.807, 2.05) is 23.7 Å². The predicted molar refractivity (Wildman–Crippen MR) is 152 cm³/mol. The number of pyridine rings is 1. The van der Waals surface area contributed by atoms with Crippen molar-refractivity contribution in [2.75, 3.05) is 4.90 Å². The Hall–Kier alpha value is -4.15. The third-order valence-electron chi connectivity index (χ3n) is 7.69. The van der Waals surface area contributed by atoms with E-state index in [1.54, 1.807) is 54.5 Å². The third-order valence-corrected chi connectivity index (χ3v) is 9.63. The molecule has 3 aromatic heterocycles. The molecule has 0 N–H and O–H groups in total. The lowest BCUT2D eigenvalue weighted by molar-refractivity contribution is 0.0983. The number of fused-ring (bicyclic) bond motifs is 2. The number of carbonyl (C=O) groups excluding carboxylic acids is 1. The average Bonchev–Trinajstić information content (AvgIpc) is 3.48. The molecule has 0 bridgehead atoms. The maximum absolute atomic E-state index is 14.3. The zero-order valence-corrected chi connectivity index (χ0v) is 23.2. The molecule has 0 saturated heterocycles. The monoisotopic (exact) mass is 573 g/mol. The van der Waals surface area contributed by atoms with Crippen LogP contribution in [0, 0.1) is 6.92 Å². The van der Waals surface area contributed by atoms with Crippen LogP contribution in [0.2, 0.25) is 5.02 Å². The van der Waals surface area contributed by atoms with Crippen LogP contribution >= 0.6 is 11.6 Å². The number of amides is 1. The maximum Gasteiger partial charge on any atom is 0.277 e. The molecule has 1 saturated carbocycles. The molecule has 2 aliphatic rings. The highest BCUT2D eigenvalue weighted by Gasteiger charge is 2.46. The van der Waals surface area contributed by atoms with E-state index in [2.05, 4.69) is 0 Å². The van der Waals surface area contributed by atoms with Gasteiger partial charge in [0.25, 0.3) is 21.5 Å². The molecule has 1 aliphatic heterocycles. The molecule has 40 heavy (non-hydrogen) atoms. The van der Waals surface area contributed by atoms with Crippen molar-refractivity contribution in [2.45, 2.75) is 36.7 Å². The smallest absolute Gasteiger partial charge is 0.277 e. The lowest BCUT2D eigenvalue weighted by Gasteiger charge is -2.27. The van der Waals surface area contributed by atoms with Crippen molar-refractivity contribution in [1.82, 2.24) is 18.3 Å². The van der Waals surface area contributed by atoms with Gasteiger partial charge in [-0.15, -0.1) is 0 Å². The summed E-state index contributed by atoms with van der Waals surface area (Å²) in [4.78, 5) is 29.5. The van der Waals surface area contributed by atoms with Gasteiger partial charge in [-0.2, -0.15) is 5.10 Å². The number of nitrogens with zero attached hydrogens (tertiary/aromatic N) is 5. The Bertz CT molecular complexity index is 2010. The second-order valence-electron chi connectivity index (χ2n) is 10.3. The Balaban J connectivity index is 1.49. The molecule has 9 nitrogen and oxygen atoms in total. The van der Waals surface area contributed by atoms with Crippen molar-refractivity contribution in [1.29, 1.82) is 0 Å². The summed E-state index contributed by atoms with van der Waals surface area (Å²) in [5.41, 5.74) is 2.83. The molecule has 1 atom stereocenters. The van der Waals surface area contributed by atoms with E-state index in [0.29, 0.717) is 21.8 Å². The predicted octanol–water partition coefficient (Wildman–Crippen LogP) is 4.82. The number of benzene rings is 2. The molecule has 1 unspecified atom stereocenters. The number of carbonyl (C=O) groups is 1. The number of anilines is 1. The number of rotatable bonds is 5. The number of halogens is 1. The van der Waals surface area contributed by atoms with Crippen LogP contribution < -0.4 is 10.5 Å². The summed E-state index contributed by atoms with van der Waals surface area (Å²) in [7, 11) is -2.52. The van der Waals surface area contributed by atoms with Crippen LogP contribution in [0.1, 0.15) is 52.2 Å². The minimum absolute atomic E-state index is 0.0250. The standard InChI is InChI=1S/C29H24ClN5O4S/c1-17-24-25(18-8-10-19(30)11-9-18)34(29(37)27(24)35(31-17)20-12-13-20)23-16-32(2)28(36)26-22(23)14-15-33(26)40(38,39)21-6-4-3-5-7-21/h3-11,14-16,20,25H,12-13H2,1-2H3. The fourth-order valence-electron chi connectivity index (χ4n) is 5.66. The summed E-state index contributed by atoms with van der Waals surface area (Å²) in [6.07, 6.45) is 4.88. The fraction of sp³-hybridized carbons (Fsp3) is 0.207. The molecular formula is C29H24ClN5O4S. The topological polar surface area (TPSA) is 99.2 Å². The summed E-state index contributed by atoms with van der Waals surface area (Å²) in [6, 6.07) is 16.5. The van der Waals surface area contributed by atoms with E-state index in [9.17, 15) is 18.0 Å². The number of hydrogen-bond acceptors (Lipinski definition) is 5. The van der Waals surface area contributed by atoms with E-state index < -0.39 is 21.6 Å². The van der Waals surface area contributed by atoms with Crippen LogP contribution in [0.3, 0.4) is 0 Å². The van der Waals surface area contributed by atoms with E-state index in [1.165, 1.54) is 22.9 Å². The molecular weight excluding hydrogens is 550 g/mol. The zero-order chi connectivity index (χ0) is 27.9. The first-order chi connectivity index (χ1) is 19.2. The van der Waals surface area contributed by atoms with Crippen molar-refractivity contribution in [3.8, 4) is 0 Å². The SMILES string of the molecule is Cc1nn(C2CC2)c2c1C(c1ccc(Cl)cc1)N(c1cn(C)c(=O)c3c1ccn3S(=O)(=O)c1ccccc1)C2=O. The van der Waals surface area contributed by atoms with E-state index in [0.717, 1.165) is 33.6 Å². The van der Waals surface area contributed by atoms with Crippen LogP contribution in [0.15, 0.2) is 82.7 Å². The van der Waals surface area contributed by atoms with Crippen LogP contribution in [0.25, 0.3) is 10.9 Å². The first kappa shape index (κ1) is 24.9. The normalized spacial score (nSPS) is 17.1. The van der Waals surface area contributed by atoms with Gasteiger partial charge in [-0.3, -0.25) is 19.2 Å². The van der Waals surface area contributed by atoms with Crippen molar-refractivity contribution in [2.24, 2.45) is 7.05 Å². The number of aryl methyl sites for hydroxylation is 2. The Morgan fingerprint density at radius 2 is 1.68 bits per heavy atom. The van der Waals surface area contributed by atoms with Gasteiger partial charge in [-0.1, -0.05) is 41.9 Å². The molecule has 0 radical (unpaired) electrons. The van der Waals surface area contributed by atoms with Gasteiger partial charge in [-0.25, -0.2) is 12.4 Å². The molecule has 5 aromatic rings. The van der Waals surface area contributed by atoms with E-state index in [-0.39, 0.29) is 22.4 Å².